The standard InChI is InChI=1S/C17H18N6S/c1-2-7-18-13(4-1)12-23-10-3-5-15(23)14-6-8-19-16(21-14)22-17-20-9-11-24-17/h1-2,4,6-9,11,15H,3,5,10,12H2,(H,19,20,21,22)/t15-/m1/s1. The summed E-state index contributed by atoms with van der Waals surface area (Å²) in [5.41, 5.74) is 2.15. The number of pyridine rings is 1. The molecule has 1 fully saturated rings. The van der Waals surface area contributed by atoms with Gasteiger partial charge in [0.15, 0.2) is 5.13 Å². The molecule has 0 unspecified atom stereocenters. The highest BCUT2D eigenvalue weighted by atomic mass is 32.1. The molecular formula is C17H18N6S. The Labute approximate surface area is 144 Å². The lowest BCUT2D eigenvalue weighted by molar-refractivity contribution is 0.241. The van der Waals surface area contributed by atoms with Gasteiger partial charge in [0.05, 0.1) is 17.4 Å². The first-order chi connectivity index (χ1) is 11.9. The molecule has 0 radical (unpaired) electrons. The van der Waals surface area contributed by atoms with Gasteiger partial charge in [-0.3, -0.25) is 9.88 Å². The zero-order valence-corrected chi connectivity index (χ0v) is 14.0. The number of aromatic nitrogens is 4. The van der Waals surface area contributed by atoms with E-state index in [1.165, 1.54) is 17.8 Å². The number of anilines is 2. The minimum Gasteiger partial charge on any atom is -0.300 e. The Morgan fingerprint density at radius 1 is 1.12 bits per heavy atom. The topological polar surface area (TPSA) is 66.8 Å². The molecule has 0 amide bonds. The van der Waals surface area contributed by atoms with Gasteiger partial charge in [-0.15, -0.1) is 11.3 Å². The molecule has 1 aliphatic rings. The SMILES string of the molecule is c1ccc(CN2CCC[C@@H]2c2ccnc(Nc3nccs3)n2)nc1. The van der Waals surface area contributed by atoms with Gasteiger partial charge in [0.25, 0.3) is 0 Å². The number of nitrogens with one attached hydrogen (secondary N) is 1. The minimum absolute atomic E-state index is 0.312. The quantitative estimate of drug-likeness (QED) is 0.769. The van der Waals surface area contributed by atoms with Crippen LogP contribution in [0.1, 0.15) is 30.3 Å². The van der Waals surface area contributed by atoms with Crippen molar-refractivity contribution in [1.82, 2.24) is 24.8 Å². The number of nitrogens with zero attached hydrogens (tertiary/aromatic N) is 5. The van der Waals surface area contributed by atoms with Crippen LogP contribution in [0.2, 0.25) is 0 Å². The summed E-state index contributed by atoms with van der Waals surface area (Å²) >= 11 is 1.54. The first-order valence-electron chi connectivity index (χ1n) is 8.02. The maximum atomic E-state index is 4.70. The lowest BCUT2D eigenvalue weighted by atomic mass is 10.1. The van der Waals surface area contributed by atoms with E-state index in [4.69, 9.17) is 4.98 Å². The van der Waals surface area contributed by atoms with Crippen molar-refractivity contribution in [2.75, 3.05) is 11.9 Å². The molecule has 6 nitrogen and oxygen atoms in total. The van der Waals surface area contributed by atoms with Crippen LogP contribution in [0.3, 0.4) is 0 Å². The average Bonchev–Trinajstić information content (AvgIpc) is 3.28. The molecule has 0 bridgehead atoms. The molecule has 1 N–H and O–H groups in total. The van der Waals surface area contributed by atoms with E-state index in [1.54, 1.807) is 6.20 Å². The molecule has 3 aromatic heterocycles. The van der Waals surface area contributed by atoms with Gasteiger partial charge in [-0.2, -0.15) is 0 Å². The van der Waals surface area contributed by atoms with Crippen LogP contribution < -0.4 is 5.32 Å². The maximum Gasteiger partial charge on any atom is 0.229 e. The van der Waals surface area contributed by atoms with E-state index < -0.39 is 0 Å². The number of hydrogen-bond donors (Lipinski definition) is 1. The first kappa shape index (κ1) is 15.2. The van der Waals surface area contributed by atoms with E-state index in [0.717, 1.165) is 36.0 Å². The smallest absolute Gasteiger partial charge is 0.229 e. The third-order valence-electron chi connectivity index (χ3n) is 4.12. The van der Waals surface area contributed by atoms with Crippen LogP contribution in [0.4, 0.5) is 11.1 Å². The van der Waals surface area contributed by atoms with Crippen molar-refractivity contribution in [2.45, 2.75) is 25.4 Å². The van der Waals surface area contributed by atoms with Crippen molar-refractivity contribution >= 4 is 22.4 Å². The molecule has 0 aliphatic carbocycles. The number of likely N-dealkylation sites (tertiary alicyclic amines) is 1. The van der Waals surface area contributed by atoms with Gasteiger partial charge in [0.1, 0.15) is 0 Å². The molecule has 3 aromatic rings. The van der Waals surface area contributed by atoms with Crippen molar-refractivity contribution in [1.29, 1.82) is 0 Å². The third-order valence-corrected chi connectivity index (χ3v) is 4.81. The Kier molecular flexibility index (Phi) is 4.44. The lowest BCUT2D eigenvalue weighted by Crippen LogP contribution is -2.24. The van der Waals surface area contributed by atoms with Gasteiger partial charge < -0.3 is 5.32 Å². The first-order valence-corrected chi connectivity index (χ1v) is 8.90. The van der Waals surface area contributed by atoms with Crippen molar-refractivity contribution in [3.8, 4) is 0 Å². The zero-order chi connectivity index (χ0) is 16.2. The summed E-state index contributed by atoms with van der Waals surface area (Å²) in [4.78, 5) is 20.1. The predicted molar refractivity (Wildman–Crippen MR) is 94.1 cm³/mol. The Morgan fingerprint density at radius 3 is 2.96 bits per heavy atom. The van der Waals surface area contributed by atoms with Crippen molar-refractivity contribution in [3.05, 3.63) is 59.6 Å². The molecular weight excluding hydrogens is 320 g/mol. The van der Waals surface area contributed by atoms with Gasteiger partial charge in [-0.1, -0.05) is 6.07 Å². The molecule has 0 aromatic carbocycles. The van der Waals surface area contributed by atoms with Crippen LogP contribution >= 0.6 is 11.3 Å². The molecule has 24 heavy (non-hydrogen) atoms. The second kappa shape index (κ2) is 7.02. The Bertz CT molecular complexity index is 777. The second-order valence-electron chi connectivity index (χ2n) is 5.72. The van der Waals surface area contributed by atoms with Gasteiger partial charge >= 0.3 is 0 Å². The second-order valence-corrected chi connectivity index (χ2v) is 6.61. The summed E-state index contributed by atoms with van der Waals surface area (Å²) < 4.78 is 0. The summed E-state index contributed by atoms with van der Waals surface area (Å²) in [6.07, 6.45) is 7.72. The van der Waals surface area contributed by atoms with Crippen molar-refractivity contribution in [2.24, 2.45) is 0 Å². The number of thiazole rings is 1. The van der Waals surface area contributed by atoms with E-state index in [9.17, 15) is 0 Å². The van der Waals surface area contributed by atoms with E-state index in [-0.39, 0.29) is 0 Å². The Balaban J connectivity index is 1.51. The Hall–Kier alpha value is -2.38. The molecule has 4 heterocycles. The highest BCUT2D eigenvalue weighted by Gasteiger charge is 2.27. The van der Waals surface area contributed by atoms with Gasteiger partial charge in [-0.05, 0) is 37.6 Å². The fourth-order valence-electron chi connectivity index (χ4n) is 3.05. The molecule has 1 saturated heterocycles. The summed E-state index contributed by atoms with van der Waals surface area (Å²) in [6, 6.07) is 8.38. The molecule has 1 aliphatic heterocycles. The van der Waals surface area contributed by atoms with Crippen molar-refractivity contribution in [3.63, 3.8) is 0 Å². The zero-order valence-electron chi connectivity index (χ0n) is 13.2. The van der Waals surface area contributed by atoms with Crippen LogP contribution in [0.25, 0.3) is 0 Å². The van der Waals surface area contributed by atoms with Crippen LogP contribution in [-0.2, 0) is 6.54 Å². The van der Waals surface area contributed by atoms with Crippen LogP contribution in [-0.4, -0.2) is 31.4 Å². The monoisotopic (exact) mass is 338 g/mol. The van der Waals surface area contributed by atoms with Crippen LogP contribution in [0, 0.1) is 0 Å². The van der Waals surface area contributed by atoms with E-state index in [2.05, 4.69) is 31.2 Å². The normalized spacial score (nSPS) is 17.9. The highest BCUT2D eigenvalue weighted by molar-refractivity contribution is 7.13. The number of rotatable bonds is 5. The van der Waals surface area contributed by atoms with Crippen LogP contribution in [0.15, 0.2) is 48.2 Å². The number of hydrogen-bond acceptors (Lipinski definition) is 7. The van der Waals surface area contributed by atoms with E-state index >= 15 is 0 Å². The summed E-state index contributed by atoms with van der Waals surface area (Å²) in [7, 11) is 0. The fourth-order valence-corrected chi connectivity index (χ4v) is 3.57. The lowest BCUT2D eigenvalue weighted by Gasteiger charge is -2.23. The van der Waals surface area contributed by atoms with E-state index in [1.807, 2.05) is 36.0 Å². The maximum absolute atomic E-state index is 4.70. The van der Waals surface area contributed by atoms with E-state index in [0.29, 0.717) is 12.0 Å². The largest absolute Gasteiger partial charge is 0.300 e. The molecule has 7 heteroatoms. The molecule has 122 valence electrons. The molecule has 4 rings (SSSR count). The molecule has 1 atom stereocenters. The fraction of sp³-hybridized carbons (Fsp3) is 0.294. The average molecular weight is 338 g/mol. The summed E-state index contributed by atoms with van der Waals surface area (Å²) in [5, 5.41) is 5.90. The Morgan fingerprint density at radius 2 is 2.12 bits per heavy atom. The minimum atomic E-state index is 0.312. The summed E-state index contributed by atoms with van der Waals surface area (Å²) in [5.74, 6) is 0.604. The molecule has 0 saturated carbocycles. The highest BCUT2D eigenvalue weighted by Crippen LogP contribution is 2.32. The molecule has 0 spiro atoms. The summed E-state index contributed by atoms with van der Waals surface area (Å²) in [6.45, 7) is 1.92. The van der Waals surface area contributed by atoms with Gasteiger partial charge in [-0.25, -0.2) is 15.0 Å². The predicted octanol–water partition coefficient (Wildman–Crippen LogP) is 3.41. The van der Waals surface area contributed by atoms with Gasteiger partial charge in [0, 0.05) is 30.5 Å². The van der Waals surface area contributed by atoms with Crippen LogP contribution in [0.5, 0.6) is 0 Å². The third kappa shape index (κ3) is 3.42. The van der Waals surface area contributed by atoms with Crippen molar-refractivity contribution < 1.29 is 0 Å². The van der Waals surface area contributed by atoms with Gasteiger partial charge in [0.2, 0.25) is 5.95 Å².